The lowest BCUT2D eigenvalue weighted by atomic mass is 10.4. The van der Waals surface area contributed by atoms with Crippen LogP contribution in [0.1, 0.15) is 0 Å². The molecule has 2 nitrogen and oxygen atoms in total. The lowest BCUT2D eigenvalue weighted by Gasteiger charge is -1.89. The summed E-state index contributed by atoms with van der Waals surface area (Å²) in [6.45, 7) is 0. The van der Waals surface area contributed by atoms with Gasteiger partial charge in [0.25, 0.3) is 0 Å². The number of ether oxygens (including phenoxy) is 1. The van der Waals surface area contributed by atoms with E-state index in [1.54, 1.807) is 0 Å². The highest BCUT2D eigenvalue weighted by Crippen LogP contribution is 2.04. The zero-order valence-electron chi connectivity index (χ0n) is 3.89. The second-order valence-corrected chi connectivity index (χ2v) is 1.24. The van der Waals surface area contributed by atoms with Gasteiger partial charge in [-0.3, -0.25) is 0 Å². The Kier molecular flexibility index (Phi) is 0.759. The van der Waals surface area contributed by atoms with Crippen LogP contribution in [0.25, 0.3) is 0 Å². The fourth-order valence-electron chi connectivity index (χ4n) is 0.277. The summed E-state index contributed by atoms with van der Waals surface area (Å²) in [5, 5.41) is 0. The second kappa shape index (κ2) is 1.27. The second-order valence-electron chi connectivity index (χ2n) is 1.24. The molecule has 0 N–H and O–H groups in total. The van der Waals surface area contributed by atoms with Crippen LogP contribution in [0, 0.1) is 17.8 Å². The lowest BCUT2D eigenvalue weighted by Crippen LogP contribution is -2.03. The molecule has 36 valence electrons. The predicted molar refractivity (Wildman–Crippen MR) is 23.3 cm³/mol. The largest absolute Gasteiger partial charge is 0.467 e. The van der Waals surface area contributed by atoms with Crippen molar-refractivity contribution in [3.05, 3.63) is 0 Å². The van der Waals surface area contributed by atoms with Gasteiger partial charge >= 0.3 is 5.97 Å². The van der Waals surface area contributed by atoms with Gasteiger partial charge in [-0.1, -0.05) is 11.8 Å². The summed E-state index contributed by atoms with van der Waals surface area (Å²) >= 11 is 0. The lowest BCUT2D eigenvalue weighted by molar-refractivity contribution is -0.141. The third-order valence-electron chi connectivity index (χ3n) is 0.726. The molecule has 7 heavy (non-hydrogen) atoms. The average molecular weight is 96.1 g/mol. The summed E-state index contributed by atoms with van der Waals surface area (Å²) in [6.07, 6.45) is 0. The van der Waals surface area contributed by atoms with E-state index in [9.17, 15) is 4.79 Å². The monoisotopic (exact) mass is 96.0 g/mol. The van der Waals surface area contributed by atoms with Crippen molar-refractivity contribution in [3.8, 4) is 11.8 Å². The highest BCUT2D eigenvalue weighted by Gasteiger charge is 2.20. The van der Waals surface area contributed by atoms with Crippen LogP contribution in [0.2, 0.25) is 0 Å². The number of hydrogen-bond acceptors (Lipinski definition) is 2. The molecule has 0 saturated carbocycles. The van der Waals surface area contributed by atoms with Gasteiger partial charge in [0.1, 0.15) is 0 Å². The molecule has 2 heteroatoms. The minimum absolute atomic E-state index is 0.245. The third kappa shape index (κ3) is 0.716. The highest BCUT2D eigenvalue weighted by molar-refractivity contribution is 5.84. The first-order chi connectivity index (χ1) is 3.34. The molecule has 0 unspecified atom stereocenters. The molecule has 0 aliphatic heterocycles. The molecule has 0 bridgehead atoms. The maximum absolute atomic E-state index is 10.2. The third-order valence-corrected chi connectivity index (χ3v) is 0.726. The summed E-state index contributed by atoms with van der Waals surface area (Å²) in [6, 6.07) is 0. The molecule has 0 amide bonds. The Bertz CT molecular complexity index is 141. The Balaban J connectivity index is 2.27. The Morgan fingerprint density at radius 3 is 2.43 bits per heavy atom. The van der Waals surface area contributed by atoms with Crippen LogP contribution >= 0.6 is 0 Å². The van der Waals surface area contributed by atoms with E-state index < -0.39 is 0 Å². The Morgan fingerprint density at radius 1 is 1.71 bits per heavy atom. The van der Waals surface area contributed by atoms with Crippen LogP contribution in [0.5, 0.6) is 0 Å². The normalized spacial score (nSPS) is 14.4. The van der Waals surface area contributed by atoms with Gasteiger partial charge in [-0.2, -0.15) is 0 Å². The molecule has 0 aromatic rings. The molecular formula is C5H4O2. The molecule has 0 fully saturated rings. The first kappa shape index (κ1) is 4.20. The standard InChI is InChI=1S/C5H4O2/c1-7-5(6)4-2-3-4/h4H,1H3. The summed E-state index contributed by atoms with van der Waals surface area (Å²) < 4.78 is 4.31. The van der Waals surface area contributed by atoms with Crippen LogP contribution in [-0.2, 0) is 9.53 Å². The summed E-state index contributed by atoms with van der Waals surface area (Å²) in [5.41, 5.74) is 0. The van der Waals surface area contributed by atoms with Gasteiger partial charge in [-0.25, -0.2) is 4.79 Å². The van der Waals surface area contributed by atoms with Crippen LogP contribution in [0.15, 0.2) is 0 Å². The number of carbonyl (C=O) groups is 1. The van der Waals surface area contributed by atoms with Gasteiger partial charge < -0.3 is 4.74 Å². The molecule has 0 aromatic carbocycles. The minimum atomic E-state index is -0.264. The van der Waals surface area contributed by atoms with Crippen molar-refractivity contribution < 1.29 is 9.53 Å². The van der Waals surface area contributed by atoms with E-state index in [1.165, 1.54) is 7.11 Å². The van der Waals surface area contributed by atoms with Crippen molar-refractivity contribution in [1.29, 1.82) is 0 Å². The quantitative estimate of drug-likeness (QED) is 0.333. The molecule has 0 heterocycles. The van der Waals surface area contributed by atoms with E-state index in [1.807, 2.05) is 0 Å². The van der Waals surface area contributed by atoms with Crippen molar-refractivity contribution in [3.63, 3.8) is 0 Å². The van der Waals surface area contributed by atoms with Crippen LogP contribution in [0.3, 0.4) is 0 Å². The molecule has 1 rings (SSSR count). The molecule has 1 aliphatic rings. The van der Waals surface area contributed by atoms with E-state index in [2.05, 4.69) is 16.6 Å². The van der Waals surface area contributed by atoms with Crippen molar-refractivity contribution in [2.45, 2.75) is 0 Å². The number of methoxy groups -OCH3 is 1. The first-order valence-electron chi connectivity index (χ1n) is 1.93. The van der Waals surface area contributed by atoms with E-state index in [4.69, 9.17) is 0 Å². The molecule has 0 spiro atoms. The number of esters is 1. The highest BCUT2D eigenvalue weighted by atomic mass is 16.5. The maximum Gasteiger partial charge on any atom is 0.333 e. The molecule has 0 aromatic heterocycles. The number of hydrogen-bond donors (Lipinski definition) is 0. The van der Waals surface area contributed by atoms with Gasteiger partial charge in [-0.15, -0.1) is 0 Å². The van der Waals surface area contributed by atoms with E-state index in [-0.39, 0.29) is 11.9 Å². The minimum Gasteiger partial charge on any atom is -0.467 e. The summed E-state index contributed by atoms with van der Waals surface area (Å²) in [5.74, 6) is 4.61. The van der Waals surface area contributed by atoms with E-state index in [0.29, 0.717) is 0 Å². The molecule has 0 saturated heterocycles. The molecule has 0 radical (unpaired) electrons. The van der Waals surface area contributed by atoms with Gasteiger partial charge in [0.15, 0.2) is 5.92 Å². The molecule has 1 aliphatic carbocycles. The summed E-state index contributed by atoms with van der Waals surface area (Å²) in [4.78, 5) is 10.2. The average Bonchev–Trinajstić information content (AvgIpc) is 2.44. The topological polar surface area (TPSA) is 26.3 Å². The van der Waals surface area contributed by atoms with Gasteiger partial charge in [0, 0.05) is 0 Å². The van der Waals surface area contributed by atoms with Crippen LogP contribution in [-0.4, -0.2) is 13.1 Å². The first-order valence-corrected chi connectivity index (χ1v) is 1.93. The van der Waals surface area contributed by atoms with E-state index in [0.717, 1.165) is 0 Å². The predicted octanol–water partition coefficient (Wildman–Crippen LogP) is -0.207. The van der Waals surface area contributed by atoms with Gasteiger partial charge in [-0.05, 0) is 0 Å². The maximum atomic E-state index is 10.2. The van der Waals surface area contributed by atoms with Crippen molar-refractivity contribution in [1.82, 2.24) is 0 Å². The van der Waals surface area contributed by atoms with Crippen molar-refractivity contribution >= 4 is 5.97 Å². The van der Waals surface area contributed by atoms with E-state index >= 15 is 0 Å². The smallest absolute Gasteiger partial charge is 0.333 e. The van der Waals surface area contributed by atoms with Crippen molar-refractivity contribution in [2.75, 3.05) is 7.11 Å². The molecule has 0 atom stereocenters. The molecular weight excluding hydrogens is 92.1 g/mol. The van der Waals surface area contributed by atoms with Gasteiger partial charge in [0.05, 0.1) is 7.11 Å². The van der Waals surface area contributed by atoms with Crippen molar-refractivity contribution in [2.24, 2.45) is 5.92 Å². The number of rotatable bonds is 1. The van der Waals surface area contributed by atoms with Crippen LogP contribution < -0.4 is 0 Å². The fourth-order valence-corrected chi connectivity index (χ4v) is 0.277. The van der Waals surface area contributed by atoms with Crippen LogP contribution in [0.4, 0.5) is 0 Å². The Morgan fingerprint density at radius 2 is 2.29 bits per heavy atom. The zero-order chi connectivity index (χ0) is 5.28. The SMILES string of the molecule is COC(=O)C1C#C1. The fraction of sp³-hybridized carbons (Fsp3) is 0.400. The summed E-state index contributed by atoms with van der Waals surface area (Å²) in [7, 11) is 1.35. The zero-order valence-corrected chi connectivity index (χ0v) is 3.89. The number of carbonyl (C=O) groups excluding carboxylic acids is 1. The Hall–Kier alpha value is -0.970. The Labute approximate surface area is 41.5 Å². The van der Waals surface area contributed by atoms with Gasteiger partial charge in [0.2, 0.25) is 0 Å².